The highest BCUT2D eigenvalue weighted by atomic mass is 28.4. The summed E-state index contributed by atoms with van der Waals surface area (Å²) in [6.45, 7) is 14.6. The average molecular weight is 402 g/mol. The molecule has 6 heteroatoms. The molecule has 2 aromatic rings. The maximum atomic E-state index is 15.2. The van der Waals surface area contributed by atoms with Crippen molar-refractivity contribution in [2.24, 2.45) is 0 Å². The van der Waals surface area contributed by atoms with Gasteiger partial charge in [-0.3, -0.25) is 4.98 Å². The largest absolute Gasteiger partial charge is 0.412 e. The number of piperazine rings is 1. The van der Waals surface area contributed by atoms with Gasteiger partial charge in [-0.25, -0.2) is 4.39 Å². The fourth-order valence-electron chi connectivity index (χ4n) is 3.14. The molecule has 1 saturated heterocycles. The van der Waals surface area contributed by atoms with Gasteiger partial charge >= 0.3 is 0 Å². The minimum atomic E-state index is -1.91. The summed E-state index contributed by atoms with van der Waals surface area (Å²) in [5, 5.41) is 0.115. The minimum Gasteiger partial charge on any atom is -0.412 e. The molecule has 0 bridgehead atoms. The van der Waals surface area contributed by atoms with Crippen LogP contribution in [0.4, 0.5) is 15.8 Å². The number of hydrogen-bond donors (Lipinski definition) is 0. The molecule has 1 aromatic heterocycles. The number of rotatable bonds is 5. The summed E-state index contributed by atoms with van der Waals surface area (Å²) in [7, 11) is -1.91. The van der Waals surface area contributed by atoms with E-state index in [4.69, 9.17) is 4.43 Å². The number of hydrogen-bond acceptors (Lipinski definition) is 4. The summed E-state index contributed by atoms with van der Waals surface area (Å²) in [4.78, 5) is 8.63. The summed E-state index contributed by atoms with van der Waals surface area (Å²) in [5.41, 5.74) is 2.46. The third kappa shape index (κ3) is 4.55. The summed E-state index contributed by atoms with van der Waals surface area (Å²) < 4.78 is 21.5. The van der Waals surface area contributed by atoms with E-state index >= 15 is 4.39 Å². The van der Waals surface area contributed by atoms with Crippen LogP contribution in [0.25, 0.3) is 0 Å². The Morgan fingerprint density at radius 1 is 1.04 bits per heavy atom. The molecule has 0 radical (unpaired) electrons. The first kappa shape index (κ1) is 20.8. The molecule has 0 saturated carbocycles. The van der Waals surface area contributed by atoms with Crippen molar-refractivity contribution >= 4 is 19.7 Å². The molecule has 152 valence electrons. The number of anilines is 2. The molecule has 1 aromatic carbocycles. The van der Waals surface area contributed by atoms with Gasteiger partial charge in [0, 0.05) is 37.9 Å². The Labute approximate surface area is 169 Å². The molecule has 3 rings (SSSR count). The molecule has 0 unspecified atom stereocenters. The van der Waals surface area contributed by atoms with E-state index in [0.29, 0.717) is 17.9 Å². The van der Waals surface area contributed by atoms with Gasteiger partial charge in [0.25, 0.3) is 0 Å². The number of benzene rings is 1. The molecule has 4 nitrogen and oxygen atoms in total. The average Bonchev–Trinajstić information content (AvgIpc) is 2.67. The molecule has 28 heavy (non-hydrogen) atoms. The highest BCUT2D eigenvalue weighted by molar-refractivity contribution is 6.74. The highest BCUT2D eigenvalue weighted by Gasteiger charge is 2.37. The van der Waals surface area contributed by atoms with E-state index in [9.17, 15) is 0 Å². The molecule has 0 amide bonds. The maximum absolute atomic E-state index is 15.2. The van der Waals surface area contributed by atoms with Crippen molar-refractivity contribution in [1.29, 1.82) is 0 Å². The fourth-order valence-corrected chi connectivity index (χ4v) is 4.09. The second kappa shape index (κ2) is 8.21. The van der Waals surface area contributed by atoms with Crippen LogP contribution in [0.3, 0.4) is 0 Å². The van der Waals surface area contributed by atoms with Crippen LogP contribution in [0.15, 0.2) is 42.7 Å². The van der Waals surface area contributed by atoms with Gasteiger partial charge in [-0.2, -0.15) is 0 Å². The Bertz CT molecular complexity index is 784. The van der Waals surface area contributed by atoms with Gasteiger partial charge in [-0.1, -0.05) is 32.9 Å². The Kier molecular flexibility index (Phi) is 6.10. The van der Waals surface area contributed by atoms with E-state index in [1.165, 1.54) is 0 Å². The third-order valence-corrected chi connectivity index (χ3v) is 10.6. The third-order valence-electron chi connectivity index (χ3n) is 6.08. The molecule has 0 aliphatic carbocycles. The lowest BCUT2D eigenvalue weighted by molar-refractivity contribution is 0.271. The van der Waals surface area contributed by atoms with Crippen LogP contribution in [-0.2, 0) is 11.0 Å². The van der Waals surface area contributed by atoms with Crippen molar-refractivity contribution in [1.82, 2.24) is 4.98 Å². The standard InChI is InChI=1S/C22H32FN3OSi/c1-22(2,3)28(4,5)27-17-18-8-6-10-20(21(18)23)26-14-12-25(13-15-26)19-9-7-11-24-16-19/h6-11,16H,12-15,17H2,1-5H3. The number of pyridine rings is 1. The minimum absolute atomic E-state index is 0.115. The number of halogens is 1. The molecule has 1 fully saturated rings. The van der Waals surface area contributed by atoms with Crippen molar-refractivity contribution in [2.45, 2.75) is 45.5 Å². The quantitative estimate of drug-likeness (QED) is 0.654. The Hall–Kier alpha value is -1.92. The molecular formula is C22H32FN3OSi. The van der Waals surface area contributed by atoms with E-state index in [1.807, 2.05) is 30.5 Å². The second-order valence-electron chi connectivity index (χ2n) is 8.98. The first-order valence-corrected chi connectivity index (χ1v) is 12.9. The van der Waals surface area contributed by atoms with Crippen LogP contribution in [-0.4, -0.2) is 39.5 Å². The zero-order valence-electron chi connectivity index (χ0n) is 17.7. The van der Waals surface area contributed by atoms with Crippen molar-refractivity contribution in [2.75, 3.05) is 36.0 Å². The molecule has 1 aliphatic rings. The zero-order chi connectivity index (χ0) is 20.4. The van der Waals surface area contributed by atoms with Crippen LogP contribution in [0.1, 0.15) is 26.3 Å². The van der Waals surface area contributed by atoms with Crippen LogP contribution >= 0.6 is 0 Å². The predicted octanol–water partition coefficient (Wildman–Crippen LogP) is 5.07. The first-order valence-electron chi connectivity index (χ1n) is 10.0. The molecule has 2 heterocycles. The maximum Gasteiger partial charge on any atom is 0.192 e. The van der Waals surface area contributed by atoms with Crippen molar-refractivity contribution in [3.8, 4) is 0 Å². The Balaban J connectivity index is 1.67. The Morgan fingerprint density at radius 3 is 2.32 bits per heavy atom. The SMILES string of the molecule is CC(C)(C)[Si](C)(C)OCc1cccc(N2CCN(c3cccnc3)CC2)c1F. The summed E-state index contributed by atoms with van der Waals surface area (Å²) in [6, 6.07) is 9.69. The van der Waals surface area contributed by atoms with Crippen molar-refractivity contribution < 1.29 is 8.82 Å². The van der Waals surface area contributed by atoms with Gasteiger partial charge in [0.15, 0.2) is 14.1 Å². The highest BCUT2D eigenvalue weighted by Crippen LogP contribution is 2.37. The monoisotopic (exact) mass is 401 g/mol. The lowest BCUT2D eigenvalue weighted by Crippen LogP contribution is -2.47. The van der Waals surface area contributed by atoms with E-state index in [2.05, 4.69) is 54.7 Å². The van der Waals surface area contributed by atoms with Crippen molar-refractivity contribution in [3.05, 3.63) is 54.1 Å². The summed E-state index contributed by atoms with van der Waals surface area (Å²) >= 11 is 0. The summed E-state index contributed by atoms with van der Waals surface area (Å²) in [5.74, 6) is -0.143. The zero-order valence-corrected chi connectivity index (χ0v) is 18.7. The van der Waals surface area contributed by atoms with Crippen LogP contribution in [0.2, 0.25) is 18.1 Å². The van der Waals surface area contributed by atoms with Crippen LogP contribution in [0, 0.1) is 5.82 Å². The van der Waals surface area contributed by atoms with E-state index in [-0.39, 0.29) is 10.9 Å². The number of nitrogens with zero attached hydrogens (tertiary/aromatic N) is 3. The van der Waals surface area contributed by atoms with Crippen LogP contribution < -0.4 is 9.80 Å². The van der Waals surface area contributed by atoms with Crippen LogP contribution in [0.5, 0.6) is 0 Å². The molecular weight excluding hydrogens is 369 g/mol. The smallest absolute Gasteiger partial charge is 0.192 e. The molecule has 0 atom stereocenters. The van der Waals surface area contributed by atoms with Gasteiger partial charge in [0.05, 0.1) is 24.2 Å². The lowest BCUT2D eigenvalue weighted by atomic mass is 10.1. The van der Waals surface area contributed by atoms with Crippen molar-refractivity contribution in [3.63, 3.8) is 0 Å². The van der Waals surface area contributed by atoms with Gasteiger partial charge in [0.2, 0.25) is 0 Å². The first-order chi connectivity index (χ1) is 13.2. The van der Waals surface area contributed by atoms with Gasteiger partial charge < -0.3 is 14.2 Å². The van der Waals surface area contributed by atoms with Gasteiger partial charge in [-0.15, -0.1) is 0 Å². The topological polar surface area (TPSA) is 28.6 Å². The normalized spacial score (nSPS) is 15.8. The van der Waals surface area contributed by atoms with Gasteiger partial charge in [0.1, 0.15) is 0 Å². The predicted molar refractivity (Wildman–Crippen MR) is 117 cm³/mol. The Morgan fingerprint density at radius 2 is 1.71 bits per heavy atom. The second-order valence-corrected chi connectivity index (χ2v) is 13.8. The fraction of sp³-hybridized carbons (Fsp3) is 0.500. The molecule has 0 spiro atoms. The van der Waals surface area contributed by atoms with E-state index in [0.717, 1.165) is 31.9 Å². The molecule has 0 N–H and O–H groups in total. The van der Waals surface area contributed by atoms with E-state index in [1.54, 1.807) is 6.20 Å². The number of aromatic nitrogens is 1. The van der Waals surface area contributed by atoms with E-state index < -0.39 is 8.32 Å². The summed E-state index contributed by atoms with van der Waals surface area (Å²) in [6.07, 6.45) is 3.67. The molecule has 1 aliphatic heterocycles. The van der Waals surface area contributed by atoms with Gasteiger partial charge in [-0.05, 0) is 36.3 Å². The lowest BCUT2D eigenvalue weighted by Gasteiger charge is -2.38.